The van der Waals surface area contributed by atoms with Crippen molar-refractivity contribution in [2.45, 2.75) is 6.29 Å². The van der Waals surface area contributed by atoms with Gasteiger partial charge in [0.15, 0.2) is 0 Å². The number of hydrogen-bond donors (Lipinski definition) is 1. The molecule has 0 unspecified atom stereocenters. The first-order valence-corrected chi connectivity index (χ1v) is 3.79. The number of fused-ring (bicyclic) bond motifs is 1. The molecule has 1 N–H and O–H groups in total. The highest BCUT2D eigenvalue weighted by molar-refractivity contribution is 5.94. The van der Waals surface area contributed by atoms with E-state index in [1.807, 2.05) is 0 Å². The van der Waals surface area contributed by atoms with Gasteiger partial charge in [-0.3, -0.25) is 0 Å². The van der Waals surface area contributed by atoms with Crippen LogP contribution in [0.1, 0.15) is 22.2 Å². The maximum Gasteiger partial charge on any atom is 0.341 e. The largest absolute Gasteiger partial charge is 0.497 e. The maximum atomic E-state index is 11.1. The molecule has 0 amide bonds. The van der Waals surface area contributed by atoms with Gasteiger partial charge < -0.3 is 14.6 Å². The molecule has 1 atom stereocenters. The monoisotopic (exact) mass is 180 g/mol. The molecule has 1 aromatic carbocycles. The summed E-state index contributed by atoms with van der Waals surface area (Å²) in [6.45, 7) is 0. The second-order valence-electron chi connectivity index (χ2n) is 2.71. The highest BCUT2D eigenvalue weighted by Gasteiger charge is 2.29. The van der Waals surface area contributed by atoms with Crippen LogP contribution in [-0.2, 0) is 4.74 Å². The zero-order valence-corrected chi connectivity index (χ0v) is 6.98. The van der Waals surface area contributed by atoms with Crippen molar-refractivity contribution in [2.75, 3.05) is 7.11 Å². The van der Waals surface area contributed by atoms with Gasteiger partial charge in [-0.2, -0.15) is 0 Å². The van der Waals surface area contributed by atoms with Gasteiger partial charge in [0.25, 0.3) is 0 Å². The van der Waals surface area contributed by atoms with Gasteiger partial charge >= 0.3 is 5.97 Å². The molecule has 1 aromatic rings. The lowest BCUT2D eigenvalue weighted by atomic mass is 10.1. The Morgan fingerprint density at radius 1 is 1.54 bits per heavy atom. The number of carbonyl (C=O) groups excluding carboxylic acids is 1. The summed E-state index contributed by atoms with van der Waals surface area (Å²) >= 11 is 0. The normalized spacial score (nSPS) is 19.5. The number of carbonyl (C=O) groups is 1. The minimum absolute atomic E-state index is 0.367. The smallest absolute Gasteiger partial charge is 0.341 e. The van der Waals surface area contributed by atoms with E-state index in [1.54, 1.807) is 18.2 Å². The second-order valence-corrected chi connectivity index (χ2v) is 2.71. The topological polar surface area (TPSA) is 55.8 Å². The van der Waals surface area contributed by atoms with Gasteiger partial charge in [-0.1, -0.05) is 0 Å². The second kappa shape index (κ2) is 2.74. The molecule has 0 saturated carbocycles. The van der Waals surface area contributed by atoms with Crippen molar-refractivity contribution in [3.8, 4) is 5.75 Å². The lowest BCUT2D eigenvalue weighted by Gasteiger charge is -2.01. The summed E-state index contributed by atoms with van der Waals surface area (Å²) in [4.78, 5) is 11.1. The summed E-state index contributed by atoms with van der Waals surface area (Å²) in [5, 5.41) is 9.23. The number of benzene rings is 1. The molecular formula is C9H8O4. The highest BCUT2D eigenvalue weighted by Crippen LogP contribution is 2.30. The number of hydrogen-bond acceptors (Lipinski definition) is 4. The average Bonchev–Trinajstić information content (AvgIpc) is 2.42. The lowest BCUT2D eigenvalue weighted by molar-refractivity contribution is -0.0547. The first-order chi connectivity index (χ1) is 6.22. The molecule has 68 valence electrons. The van der Waals surface area contributed by atoms with Crippen LogP contribution >= 0.6 is 0 Å². The van der Waals surface area contributed by atoms with E-state index in [9.17, 15) is 9.90 Å². The van der Waals surface area contributed by atoms with Gasteiger partial charge in [-0.05, 0) is 18.2 Å². The molecule has 4 nitrogen and oxygen atoms in total. The Morgan fingerprint density at radius 3 is 3.00 bits per heavy atom. The summed E-state index contributed by atoms with van der Waals surface area (Å²) in [5.41, 5.74) is 0.859. The number of ether oxygens (including phenoxy) is 2. The molecule has 0 saturated heterocycles. The summed E-state index contributed by atoms with van der Waals surface area (Å²) in [7, 11) is 1.51. The lowest BCUT2D eigenvalue weighted by Crippen LogP contribution is -1.96. The van der Waals surface area contributed by atoms with Gasteiger partial charge in [0.2, 0.25) is 6.29 Å². The summed E-state index contributed by atoms with van der Waals surface area (Å²) < 4.78 is 9.53. The Kier molecular flexibility index (Phi) is 1.70. The van der Waals surface area contributed by atoms with Crippen molar-refractivity contribution in [3.05, 3.63) is 29.3 Å². The predicted octanol–water partition coefficient (Wildman–Crippen LogP) is 0.856. The molecule has 1 aliphatic heterocycles. The molecule has 1 heterocycles. The molecule has 0 aromatic heterocycles. The standard InChI is InChI=1S/C9H8O4/c1-12-5-2-3-6-7(4-5)9(11)13-8(6)10/h2-4,8,10H,1H3/t8-/m0/s1. The molecule has 2 rings (SSSR count). The van der Waals surface area contributed by atoms with Crippen molar-refractivity contribution >= 4 is 5.97 Å². The van der Waals surface area contributed by atoms with Crippen molar-refractivity contribution in [2.24, 2.45) is 0 Å². The van der Waals surface area contributed by atoms with E-state index in [-0.39, 0.29) is 0 Å². The number of aliphatic hydroxyl groups is 1. The third-order valence-corrected chi connectivity index (χ3v) is 1.97. The fourth-order valence-electron chi connectivity index (χ4n) is 1.28. The molecule has 4 heteroatoms. The molecule has 0 spiro atoms. The van der Waals surface area contributed by atoms with Crippen molar-refractivity contribution < 1.29 is 19.4 Å². The number of esters is 1. The van der Waals surface area contributed by atoms with Gasteiger partial charge in [0, 0.05) is 5.56 Å². The zero-order valence-electron chi connectivity index (χ0n) is 6.98. The van der Waals surface area contributed by atoms with E-state index in [4.69, 9.17) is 4.74 Å². The molecule has 0 radical (unpaired) electrons. The molecule has 0 fully saturated rings. The molecular weight excluding hydrogens is 172 g/mol. The van der Waals surface area contributed by atoms with Crippen molar-refractivity contribution in [3.63, 3.8) is 0 Å². The third-order valence-electron chi connectivity index (χ3n) is 1.97. The first kappa shape index (κ1) is 8.07. The fourth-order valence-corrected chi connectivity index (χ4v) is 1.28. The van der Waals surface area contributed by atoms with Crippen LogP contribution in [0.15, 0.2) is 18.2 Å². The Labute approximate surface area is 74.7 Å². The van der Waals surface area contributed by atoms with Crippen LogP contribution in [0.5, 0.6) is 5.75 Å². The van der Waals surface area contributed by atoms with Crippen LogP contribution in [0.2, 0.25) is 0 Å². The van der Waals surface area contributed by atoms with Crippen molar-refractivity contribution in [1.29, 1.82) is 0 Å². The van der Waals surface area contributed by atoms with E-state index < -0.39 is 12.3 Å². The average molecular weight is 180 g/mol. The SMILES string of the molecule is COc1ccc2c(c1)C(=O)O[C@@H]2O. The summed E-state index contributed by atoms with van der Waals surface area (Å²) in [5.74, 6) is 0.0613. The highest BCUT2D eigenvalue weighted by atomic mass is 16.6. The van der Waals surface area contributed by atoms with E-state index in [1.165, 1.54) is 7.11 Å². The number of rotatable bonds is 1. The number of aliphatic hydroxyl groups excluding tert-OH is 1. The van der Waals surface area contributed by atoms with E-state index in [2.05, 4.69) is 4.74 Å². The first-order valence-electron chi connectivity index (χ1n) is 3.79. The third kappa shape index (κ3) is 1.15. The van der Waals surface area contributed by atoms with Crippen molar-refractivity contribution in [1.82, 2.24) is 0 Å². The van der Waals surface area contributed by atoms with E-state index in [0.717, 1.165) is 0 Å². The number of cyclic esters (lactones) is 1. The molecule has 0 aliphatic carbocycles. The molecule has 1 aliphatic rings. The van der Waals surface area contributed by atoms with Gasteiger partial charge in [0.1, 0.15) is 5.75 Å². The predicted molar refractivity (Wildman–Crippen MR) is 43.4 cm³/mol. The quantitative estimate of drug-likeness (QED) is 0.651. The van der Waals surface area contributed by atoms with Crippen LogP contribution < -0.4 is 4.74 Å². The Hall–Kier alpha value is -1.55. The van der Waals surface area contributed by atoms with Crippen LogP contribution in [-0.4, -0.2) is 18.2 Å². The van der Waals surface area contributed by atoms with Gasteiger partial charge in [0.05, 0.1) is 12.7 Å². The van der Waals surface area contributed by atoms with E-state index >= 15 is 0 Å². The Balaban J connectivity index is 2.52. The summed E-state index contributed by atoms with van der Waals surface area (Å²) in [6.07, 6.45) is -1.13. The molecule has 13 heavy (non-hydrogen) atoms. The van der Waals surface area contributed by atoms with Gasteiger partial charge in [-0.25, -0.2) is 4.79 Å². The van der Waals surface area contributed by atoms with Crippen LogP contribution in [0.4, 0.5) is 0 Å². The molecule has 0 bridgehead atoms. The maximum absolute atomic E-state index is 11.1. The number of methoxy groups -OCH3 is 1. The van der Waals surface area contributed by atoms with Gasteiger partial charge in [-0.15, -0.1) is 0 Å². The minimum atomic E-state index is -1.13. The Bertz CT molecular complexity index is 359. The fraction of sp³-hybridized carbons (Fsp3) is 0.222. The minimum Gasteiger partial charge on any atom is -0.497 e. The van der Waals surface area contributed by atoms with E-state index in [0.29, 0.717) is 16.9 Å². The summed E-state index contributed by atoms with van der Waals surface area (Å²) in [6, 6.07) is 4.83. The zero-order chi connectivity index (χ0) is 9.42. The van der Waals surface area contributed by atoms with Crippen LogP contribution in [0, 0.1) is 0 Å². The Morgan fingerprint density at radius 2 is 2.31 bits per heavy atom. The van der Waals surface area contributed by atoms with Crippen LogP contribution in [0.3, 0.4) is 0 Å². The van der Waals surface area contributed by atoms with Crippen LogP contribution in [0.25, 0.3) is 0 Å².